The number of amides is 1. The molecule has 0 fully saturated rings. The van der Waals surface area contributed by atoms with Crippen molar-refractivity contribution in [3.8, 4) is 5.75 Å². The lowest BCUT2D eigenvalue weighted by molar-refractivity contribution is 0.0954. The molecule has 3 N–H and O–H groups in total. The fourth-order valence-corrected chi connectivity index (χ4v) is 3.17. The number of hydrogen-bond acceptors (Lipinski definition) is 5. The highest BCUT2D eigenvalue weighted by molar-refractivity contribution is 7.09. The molecule has 0 radical (unpaired) electrons. The molecule has 0 spiro atoms. The van der Waals surface area contributed by atoms with Gasteiger partial charge in [-0.3, -0.25) is 9.79 Å². The van der Waals surface area contributed by atoms with Crippen molar-refractivity contribution in [2.24, 2.45) is 4.99 Å². The summed E-state index contributed by atoms with van der Waals surface area (Å²) in [6, 6.07) is 7.07. The van der Waals surface area contributed by atoms with E-state index in [2.05, 4.69) is 45.2 Å². The number of nitrogens with zero attached hydrogens (tertiary/aromatic N) is 2. The molecule has 1 aromatic heterocycles. The number of carbonyl (C=O) groups excluding carboxylic acids is 1. The van der Waals surface area contributed by atoms with Crippen LogP contribution in [0.3, 0.4) is 0 Å². The van der Waals surface area contributed by atoms with Crippen LogP contribution in [0.4, 0.5) is 0 Å². The summed E-state index contributed by atoms with van der Waals surface area (Å²) < 4.78 is 5.13. The first-order valence-corrected chi connectivity index (χ1v) is 9.72. The molecule has 0 bridgehead atoms. The summed E-state index contributed by atoms with van der Waals surface area (Å²) in [7, 11) is 3.29. The van der Waals surface area contributed by atoms with Gasteiger partial charge in [0.1, 0.15) is 10.8 Å². The first kappa shape index (κ1) is 20.7. The number of aliphatic imine (C=N–C) groups is 1. The van der Waals surface area contributed by atoms with Crippen molar-refractivity contribution < 1.29 is 9.53 Å². The molecular weight excluding hydrogens is 362 g/mol. The predicted octanol–water partition coefficient (Wildman–Crippen LogP) is 2.37. The van der Waals surface area contributed by atoms with Crippen molar-refractivity contribution in [2.75, 3.05) is 27.2 Å². The minimum atomic E-state index is -0.136. The summed E-state index contributed by atoms with van der Waals surface area (Å²) >= 11 is 1.64. The van der Waals surface area contributed by atoms with Gasteiger partial charge in [-0.25, -0.2) is 4.98 Å². The Balaban J connectivity index is 1.71. The summed E-state index contributed by atoms with van der Waals surface area (Å²) in [6.07, 6.45) is 0. The average molecular weight is 390 g/mol. The SMILES string of the molecule is CN=C(NCCNC(=O)c1cccc(OC)c1)NCc1nc(C(C)C)cs1. The van der Waals surface area contributed by atoms with E-state index in [9.17, 15) is 4.79 Å². The van der Waals surface area contributed by atoms with E-state index in [0.29, 0.717) is 42.8 Å². The maximum absolute atomic E-state index is 12.1. The van der Waals surface area contributed by atoms with Gasteiger partial charge in [0.2, 0.25) is 0 Å². The van der Waals surface area contributed by atoms with Gasteiger partial charge in [0.15, 0.2) is 5.96 Å². The van der Waals surface area contributed by atoms with Gasteiger partial charge >= 0.3 is 0 Å². The summed E-state index contributed by atoms with van der Waals surface area (Å²) in [5, 5.41) is 12.4. The van der Waals surface area contributed by atoms with Crippen LogP contribution in [-0.4, -0.2) is 44.1 Å². The van der Waals surface area contributed by atoms with Crippen LogP contribution in [0, 0.1) is 0 Å². The minimum Gasteiger partial charge on any atom is -0.497 e. The lowest BCUT2D eigenvalue weighted by Crippen LogP contribution is -2.41. The molecule has 146 valence electrons. The molecular formula is C19H27N5O2S. The molecule has 2 rings (SSSR count). The van der Waals surface area contributed by atoms with Crippen LogP contribution >= 0.6 is 11.3 Å². The van der Waals surface area contributed by atoms with E-state index in [1.165, 1.54) is 0 Å². The van der Waals surface area contributed by atoms with Crippen LogP contribution in [0.15, 0.2) is 34.6 Å². The highest BCUT2D eigenvalue weighted by Crippen LogP contribution is 2.17. The normalized spacial score (nSPS) is 11.4. The second kappa shape index (κ2) is 10.5. The van der Waals surface area contributed by atoms with Gasteiger partial charge in [-0.15, -0.1) is 11.3 Å². The molecule has 0 aliphatic carbocycles. The molecule has 0 saturated carbocycles. The van der Waals surface area contributed by atoms with Crippen LogP contribution in [0.25, 0.3) is 0 Å². The van der Waals surface area contributed by atoms with Gasteiger partial charge in [-0.2, -0.15) is 0 Å². The number of hydrogen-bond donors (Lipinski definition) is 3. The highest BCUT2D eigenvalue weighted by Gasteiger charge is 2.07. The number of guanidine groups is 1. The van der Waals surface area contributed by atoms with Crippen molar-refractivity contribution in [3.05, 3.63) is 45.9 Å². The van der Waals surface area contributed by atoms with E-state index in [-0.39, 0.29) is 5.91 Å². The maximum atomic E-state index is 12.1. The molecule has 1 amide bonds. The molecule has 27 heavy (non-hydrogen) atoms. The minimum absolute atomic E-state index is 0.136. The second-order valence-electron chi connectivity index (χ2n) is 6.16. The third-order valence-electron chi connectivity index (χ3n) is 3.83. The number of aromatic nitrogens is 1. The van der Waals surface area contributed by atoms with E-state index >= 15 is 0 Å². The number of methoxy groups -OCH3 is 1. The van der Waals surface area contributed by atoms with Crippen molar-refractivity contribution >= 4 is 23.2 Å². The third kappa shape index (κ3) is 6.56. The quantitative estimate of drug-likeness (QED) is 0.367. The predicted molar refractivity (Wildman–Crippen MR) is 110 cm³/mol. The molecule has 1 aromatic carbocycles. The molecule has 0 unspecified atom stereocenters. The largest absolute Gasteiger partial charge is 0.497 e. The summed E-state index contributed by atoms with van der Waals surface area (Å²) in [4.78, 5) is 20.9. The zero-order valence-corrected chi connectivity index (χ0v) is 17.0. The number of carbonyl (C=O) groups is 1. The number of benzene rings is 1. The second-order valence-corrected chi connectivity index (χ2v) is 7.10. The number of rotatable bonds is 8. The molecule has 0 saturated heterocycles. The van der Waals surface area contributed by atoms with E-state index < -0.39 is 0 Å². The van der Waals surface area contributed by atoms with Crippen molar-refractivity contribution in [2.45, 2.75) is 26.3 Å². The molecule has 0 atom stereocenters. The van der Waals surface area contributed by atoms with E-state index in [1.54, 1.807) is 49.8 Å². The summed E-state index contributed by atoms with van der Waals surface area (Å²) in [6.45, 7) is 5.92. The zero-order chi connectivity index (χ0) is 19.6. The van der Waals surface area contributed by atoms with Gasteiger partial charge in [0.25, 0.3) is 5.91 Å². The maximum Gasteiger partial charge on any atom is 0.251 e. The Kier molecular flexibility index (Phi) is 8.06. The Labute approximate surface area is 164 Å². The van der Waals surface area contributed by atoms with Crippen LogP contribution in [0.5, 0.6) is 5.75 Å². The van der Waals surface area contributed by atoms with Gasteiger partial charge in [-0.1, -0.05) is 19.9 Å². The molecule has 2 aromatic rings. The lowest BCUT2D eigenvalue weighted by atomic mass is 10.2. The van der Waals surface area contributed by atoms with E-state index in [1.807, 2.05) is 0 Å². The number of ether oxygens (including phenoxy) is 1. The summed E-state index contributed by atoms with van der Waals surface area (Å²) in [5.41, 5.74) is 1.68. The zero-order valence-electron chi connectivity index (χ0n) is 16.2. The third-order valence-corrected chi connectivity index (χ3v) is 4.69. The first-order valence-electron chi connectivity index (χ1n) is 8.84. The van der Waals surface area contributed by atoms with Gasteiger partial charge in [0, 0.05) is 31.1 Å². The van der Waals surface area contributed by atoms with Crippen LogP contribution in [0.2, 0.25) is 0 Å². The highest BCUT2D eigenvalue weighted by atomic mass is 32.1. The monoisotopic (exact) mass is 389 g/mol. The van der Waals surface area contributed by atoms with Crippen molar-refractivity contribution in [3.63, 3.8) is 0 Å². The topological polar surface area (TPSA) is 87.6 Å². The van der Waals surface area contributed by atoms with Gasteiger partial charge in [0.05, 0.1) is 19.3 Å². The number of thiazole rings is 1. The Hall–Kier alpha value is -2.61. The molecule has 0 aliphatic heterocycles. The average Bonchev–Trinajstić information content (AvgIpc) is 3.16. The van der Waals surface area contributed by atoms with Crippen molar-refractivity contribution in [1.82, 2.24) is 20.9 Å². The fourth-order valence-electron chi connectivity index (χ4n) is 2.27. The summed E-state index contributed by atoms with van der Waals surface area (Å²) in [5.74, 6) is 1.63. The smallest absolute Gasteiger partial charge is 0.251 e. The van der Waals surface area contributed by atoms with Crippen LogP contribution in [0.1, 0.15) is 40.8 Å². The standard InChI is InChI=1S/C19H27N5O2S/c1-13(2)16-12-27-17(24-16)11-23-19(20-3)22-9-8-21-18(25)14-6-5-7-15(10-14)26-4/h5-7,10,12-13H,8-9,11H2,1-4H3,(H,21,25)(H2,20,22,23). The Bertz CT molecular complexity index is 773. The molecule has 1 heterocycles. The van der Waals surface area contributed by atoms with Gasteiger partial charge < -0.3 is 20.7 Å². The molecule has 8 heteroatoms. The first-order chi connectivity index (χ1) is 13.0. The van der Waals surface area contributed by atoms with Gasteiger partial charge in [-0.05, 0) is 24.1 Å². The Morgan fingerprint density at radius 1 is 1.26 bits per heavy atom. The Morgan fingerprint density at radius 2 is 2.04 bits per heavy atom. The van der Waals surface area contributed by atoms with E-state index in [4.69, 9.17) is 4.74 Å². The van der Waals surface area contributed by atoms with Crippen molar-refractivity contribution in [1.29, 1.82) is 0 Å². The van der Waals surface area contributed by atoms with Crippen LogP contribution in [-0.2, 0) is 6.54 Å². The number of nitrogens with one attached hydrogen (secondary N) is 3. The van der Waals surface area contributed by atoms with E-state index in [0.717, 1.165) is 10.7 Å². The molecule has 7 nitrogen and oxygen atoms in total. The fraction of sp³-hybridized carbons (Fsp3) is 0.421. The lowest BCUT2D eigenvalue weighted by Gasteiger charge is -2.11. The van der Waals surface area contributed by atoms with Crippen LogP contribution < -0.4 is 20.7 Å². The molecule has 0 aliphatic rings. The Morgan fingerprint density at radius 3 is 2.70 bits per heavy atom.